The van der Waals surface area contributed by atoms with Crippen LogP contribution in [-0.4, -0.2) is 23.0 Å². The Bertz CT molecular complexity index is 723. The highest BCUT2D eigenvalue weighted by molar-refractivity contribution is 8.15. The zero-order chi connectivity index (χ0) is 15.4. The Morgan fingerprint density at radius 3 is 2.55 bits per heavy atom. The molecule has 1 aliphatic heterocycles. The molecular formula is C17H15N3OS. The van der Waals surface area contributed by atoms with E-state index in [4.69, 9.17) is 0 Å². The lowest BCUT2D eigenvalue weighted by molar-refractivity contribution is -0.115. The molecule has 0 atom stereocenters. The Hall–Kier alpha value is -2.40. The number of rotatable bonds is 3. The van der Waals surface area contributed by atoms with Crippen molar-refractivity contribution in [2.45, 2.75) is 6.92 Å². The molecule has 1 heterocycles. The standard InChI is InChI=1S/C17H15N3OS/c1-13-7-9-14(10-8-13)11-18-19-17-20(16(21)12-22-17)15-5-3-2-4-6-15/h2-11H,12H2,1H3/b18-11+,19-17-. The zero-order valence-corrected chi connectivity index (χ0v) is 13.0. The van der Waals surface area contributed by atoms with Crippen LogP contribution >= 0.6 is 11.8 Å². The molecule has 110 valence electrons. The van der Waals surface area contributed by atoms with Gasteiger partial charge in [-0.2, -0.15) is 5.10 Å². The van der Waals surface area contributed by atoms with Crippen LogP contribution in [0.15, 0.2) is 64.8 Å². The van der Waals surface area contributed by atoms with Crippen molar-refractivity contribution >= 4 is 34.7 Å². The van der Waals surface area contributed by atoms with Crippen molar-refractivity contribution in [3.63, 3.8) is 0 Å². The number of aryl methyl sites for hydroxylation is 1. The molecule has 4 nitrogen and oxygen atoms in total. The number of hydrogen-bond donors (Lipinski definition) is 0. The van der Waals surface area contributed by atoms with E-state index in [0.29, 0.717) is 10.9 Å². The molecule has 0 spiro atoms. The van der Waals surface area contributed by atoms with Crippen LogP contribution in [0.2, 0.25) is 0 Å². The second-order valence-corrected chi connectivity index (χ2v) is 5.83. The molecule has 0 aromatic heterocycles. The topological polar surface area (TPSA) is 45.0 Å². The van der Waals surface area contributed by atoms with E-state index in [0.717, 1.165) is 11.3 Å². The first-order chi connectivity index (χ1) is 10.7. The molecule has 3 rings (SSSR count). The normalized spacial score (nSPS) is 16.9. The highest BCUT2D eigenvalue weighted by Gasteiger charge is 2.29. The monoisotopic (exact) mass is 309 g/mol. The Balaban J connectivity index is 1.80. The smallest absolute Gasteiger partial charge is 0.243 e. The minimum atomic E-state index is 0.0282. The first-order valence-electron chi connectivity index (χ1n) is 6.92. The van der Waals surface area contributed by atoms with Crippen LogP contribution < -0.4 is 4.90 Å². The van der Waals surface area contributed by atoms with Crippen LogP contribution in [0.25, 0.3) is 0 Å². The molecule has 5 heteroatoms. The lowest BCUT2D eigenvalue weighted by Crippen LogP contribution is -2.28. The van der Waals surface area contributed by atoms with E-state index in [1.807, 2.05) is 61.5 Å². The molecule has 2 aromatic carbocycles. The average molecular weight is 309 g/mol. The molecule has 0 aliphatic carbocycles. The fourth-order valence-corrected chi connectivity index (χ4v) is 2.89. The molecule has 2 aromatic rings. The maximum absolute atomic E-state index is 12.0. The summed E-state index contributed by atoms with van der Waals surface area (Å²) in [5, 5.41) is 8.93. The van der Waals surface area contributed by atoms with E-state index in [9.17, 15) is 4.79 Å². The summed E-state index contributed by atoms with van der Waals surface area (Å²) >= 11 is 1.40. The van der Waals surface area contributed by atoms with Gasteiger partial charge in [0.1, 0.15) is 0 Å². The quantitative estimate of drug-likeness (QED) is 0.644. The highest BCUT2D eigenvalue weighted by atomic mass is 32.2. The molecule has 0 radical (unpaired) electrons. The summed E-state index contributed by atoms with van der Waals surface area (Å²) in [6.45, 7) is 2.04. The molecule has 0 bridgehead atoms. The maximum atomic E-state index is 12.0. The minimum absolute atomic E-state index is 0.0282. The fraction of sp³-hybridized carbons (Fsp3) is 0.118. The zero-order valence-electron chi connectivity index (χ0n) is 12.1. The third-order valence-corrected chi connectivity index (χ3v) is 4.12. The van der Waals surface area contributed by atoms with Gasteiger partial charge in [0.2, 0.25) is 5.91 Å². The summed E-state index contributed by atoms with van der Waals surface area (Å²) in [5.74, 6) is 0.425. The molecule has 1 saturated heterocycles. The number of hydrogen-bond acceptors (Lipinski definition) is 4. The summed E-state index contributed by atoms with van der Waals surface area (Å²) in [7, 11) is 0. The second kappa shape index (κ2) is 6.58. The average Bonchev–Trinajstić information content (AvgIpc) is 2.91. The molecule has 0 saturated carbocycles. The van der Waals surface area contributed by atoms with E-state index >= 15 is 0 Å². The first kappa shape index (κ1) is 14.5. The van der Waals surface area contributed by atoms with E-state index in [1.165, 1.54) is 17.3 Å². The van der Waals surface area contributed by atoms with Crippen molar-refractivity contribution in [3.8, 4) is 0 Å². The van der Waals surface area contributed by atoms with Gasteiger partial charge in [-0.05, 0) is 24.6 Å². The fourth-order valence-electron chi connectivity index (χ4n) is 2.06. The van der Waals surface area contributed by atoms with Gasteiger partial charge in [-0.25, -0.2) is 0 Å². The summed E-state index contributed by atoms with van der Waals surface area (Å²) in [4.78, 5) is 13.6. The SMILES string of the molecule is Cc1ccc(/C=N/N=C2\SCC(=O)N2c2ccccc2)cc1. The van der Waals surface area contributed by atoms with Crippen molar-refractivity contribution in [1.82, 2.24) is 0 Å². The van der Waals surface area contributed by atoms with Crippen molar-refractivity contribution in [2.75, 3.05) is 10.7 Å². The van der Waals surface area contributed by atoms with Crippen LogP contribution in [0.3, 0.4) is 0 Å². The summed E-state index contributed by atoms with van der Waals surface area (Å²) < 4.78 is 0. The van der Waals surface area contributed by atoms with Crippen molar-refractivity contribution in [2.24, 2.45) is 10.2 Å². The molecule has 22 heavy (non-hydrogen) atoms. The molecular weight excluding hydrogens is 294 g/mol. The van der Waals surface area contributed by atoms with E-state index in [1.54, 1.807) is 11.1 Å². The van der Waals surface area contributed by atoms with Gasteiger partial charge in [0.05, 0.1) is 17.7 Å². The van der Waals surface area contributed by atoms with Crippen LogP contribution in [-0.2, 0) is 4.79 Å². The number of benzene rings is 2. The van der Waals surface area contributed by atoms with Gasteiger partial charge < -0.3 is 0 Å². The minimum Gasteiger partial charge on any atom is -0.273 e. The Labute approximate surface area is 133 Å². The largest absolute Gasteiger partial charge is 0.273 e. The summed E-state index contributed by atoms with van der Waals surface area (Å²) in [6.07, 6.45) is 1.69. The predicted molar refractivity (Wildman–Crippen MR) is 92.6 cm³/mol. The number of carbonyl (C=O) groups excluding carboxylic acids is 1. The van der Waals surface area contributed by atoms with Gasteiger partial charge in [-0.15, -0.1) is 5.10 Å². The maximum Gasteiger partial charge on any atom is 0.243 e. The van der Waals surface area contributed by atoms with Crippen molar-refractivity contribution in [3.05, 3.63) is 65.7 Å². The number of thioether (sulfide) groups is 1. The lowest BCUT2D eigenvalue weighted by Gasteiger charge is -2.14. The number of anilines is 1. The molecule has 1 fully saturated rings. The van der Waals surface area contributed by atoms with Gasteiger partial charge in [-0.1, -0.05) is 59.8 Å². The van der Waals surface area contributed by atoms with Crippen LogP contribution in [0.4, 0.5) is 5.69 Å². The van der Waals surface area contributed by atoms with Crippen molar-refractivity contribution < 1.29 is 4.79 Å². The highest BCUT2D eigenvalue weighted by Crippen LogP contribution is 2.26. The van der Waals surface area contributed by atoms with Crippen LogP contribution in [0, 0.1) is 6.92 Å². The third-order valence-electron chi connectivity index (χ3n) is 3.21. The van der Waals surface area contributed by atoms with Crippen LogP contribution in [0.5, 0.6) is 0 Å². The molecule has 0 N–H and O–H groups in total. The summed E-state index contributed by atoms with van der Waals surface area (Å²) in [6, 6.07) is 17.5. The van der Waals surface area contributed by atoms with Gasteiger partial charge in [0, 0.05) is 0 Å². The number of carbonyl (C=O) groups is 1. The Morgan fingerprint density at radius 1 is 1.09 bits per heavy atom. The predicted octanol–water partition coefficient (Wildman–Crippen LogP) is 3.46. The number of nitrogens with zero attached hydrogens (tertiary/aromatic N) is 3. The Kier molecular flexibility index (Phi) is 4.34. The second-order valence-electron chi connectivity index (χ2n) is 4.89. The van der Waals surface area contributed by atoms with Gasteiger partial charge in [-0.3, -0.25) is 9.69 Å². The van der Waals surface area contributed by atoms with Crippen LogP contribution in [0.1, 0.15) is 11.1 Å². The lowest BCUT2D eigenvalue weighted by atomic mass is 10.2. The first-order valence-corrected chi connectivity index (χ1v) is 7.91. The third kappa shape index (κ3) is 3.26. The van der Waals surface area contributed by atoms with E-state index in [-0.39, 0.29) is 5.91 Å². The summed E-state index contributed by atoms with van der Waals surface area (Å²) in [5.41, 5.74) is 3.01. The van der Waals surface area contributed by atoms with E-state index < -0.39 is 0 Å². The molecule has 1 aliphatic rings. The number of amides is 1. The Morgan fingerprint density at radius 2 is 1.82 bits per heavy atom. The molecule has 0 unspecified atom stereocenters. The van der Waals surface area contributed by atoms with Crippen molar-refractivity contribution in [1.29, 1.82) is 0 Å². The van der Waals surface area contributed by atoms with Gasteiger partial charge in [0.15, 0.2) is 5.17 Å². The number of para-hydroxylation sites is 1. The number of amidine groups is 1. The van der Waals surface area contributed by atoms with Gasteiger partial charge >= 0.3 is 0 Å². The van der Waals surface area contributed by atoms with Gasteiger partial charge in [0.25, 0.3) is 0 Å². The van der Waals surface area contributed by atoms with E-state index in [2.05, 4.69) is 10.2 Å². The molecule has 1 amide bonds.